The van der Waals surface area contributed by atoms with Crippen molar-refractivity contribution in [1.29, 1.82) is 0 Å². The Kier molecular flexibility index (Phi) is 5.47. The number of halogens is 2. The molecule has 1 atom stereocenters. The summed E-state index contributed by atoms with van der Waals surface area (Å²) in [5.74, 6) is -1.69. The van der Waals surface area contributed by atoms with E-state index in [9.17, 15) is 14.0 Å². The van der Waals surface area contributed by atoms with Crippen LogP contribution in [0.15, 0.2) is 22.7 Å². The Morgan fingerprint density at radius 3 is 2.53 bits per heavy atom. The van der Waals surface area contributed by atoms with Gasteiger partial charge in [-0.1, -0.05) is 0 Å². The average Bonchev–Trinajstić information content (AvgIpc) is 2.31. The number of hydrogen-bond acceptors (Lipinski definition) is 3. The molecule has 0 unspecified atom stereocenters. The molecule has 0 aliphatic carbocycles. The molecular formula is C13H15BrFNO3. The van der Waals surface area contributed by atoms with Gasteiger partial charge in [0, 0.05) is 10.5 Å². The van der Waals surface area contributed by atoms with Gasteiger partial charge in [0.05, 0.1) is 5.56 Å². The zero-order valence-corrected chi connectivity index (χ0v) is 12.5. The van der Waals surface area contributed by atoms with Gasteiger partial charge in [0.1, 0.15) is 5.82 Å². The van der Waals surface area contributed by atoms with Crippen LogP contribution >= 0.6 is 15.9 Å². The van der Waals surface area contributed by atoms with Crippen LogP contribution in [-0.2, 0) is 9.53 Å². The first kappa shape index (κ1) is 15.6. The predicted molar refractivity (Wildman–Crippen MR) is 72.3 cm³/mol. The van der Waals surface area contributed by atoms with Crippen molar-refractivity contribution < 1.29 is 18.7 Å². The predicted octanol–water partition coefficient (Wildman–Crippen LogP) is 2.66. The summed E-state index contributed by atoms with van der Waals surface area (Å²) in [5.41, 5.74) is 0.0456. The largest absolute Gasteiger partial charge is 0.449 e. The molecule has 0 aliphatic rings. The van der Waals surface area contributed by atoms with E-state index in [2.05, 4.69) is 21.2 Å². The van der Waals surface area contributed by atoms with Gasteiger partial charge in [0.15, 0.2) is 6.10 Å². The highest BCUT2D eigenvalue weighted by Gasteiger charge is 2.21. The van der Waals surface area contributed by atoms with Crippen LogP contribution in [0.25, 0.3) is 0 Å². The van der Waals surface area contributed by atoms with Crippen molar-refractivity contribution in [3.63, 3.8) is 0 Å². The Labute approximate surface area is 119 Å². The summed E-state index contributed by atoms with van der Waals surface area (Å²) in [6.07, 6.45) is -0.940. The van der Waals surface area contributed by atoms with Crippen molar-refractivity contribution >= 4 is 27.8 Å². The third kappa shape index (κ3) is 4.63. The van der Waals surface area contributed by atoms with Crippen molar-refractivity contribution in [2.75, 3.05) is 0 Å². The minimum atomic E-state index is -0.940. The van der Waals surface area contributed by atoms with Crippen molar-refractivity contribution in [2.45, 2.75) is 32.9 Å². The molecule has 0 heterocycles. The molecule has 6 heteroatoms. The van der Waals surface area contributed by atoms with E-state index in [4.69, 9.17) is 4.74 Å². The lowest BCUT2D eigenvalue weighted by molar-refractivity contribution is -0.129. The maximum absolute atomic E-state index is 13.1. The minimum absolute atomic E-state index is 0.0456. The second-order valence-electron chi connectivity index (χ2n) is 4.33. The van der Waals surface area contributed by atoms with Gasteiger partial charge in [-0.25, -0.2) is 9.18 Å². The lowest BCUT2D eigenvalue weighted by Crippen LogP contribution is -2.39. The molecule has 1 amide bonds. The van der Waals surface area contributed by atoms with Crippen LogP contribution in [0.1, 0.15) is 31.1 Å². The van der Waals surface area contributed by atoms with Crippen LogP contribution in [0, 0.1) is 5.82 Å². The highest BCUT2D eigenvalue weighted by Crippen LogP contribution is 2.19. The quantitative estimate of drug-likeness (QED) is 0.863. The van der Waals surface area contributed by atoms with Crippen molar-refractivity contribution in [2.24, 2.45) is 0 Å². The van der Waals surface area contributed by atoms with Crippen LogP contribution < -0.4 is 5.32 Å². The van der Waals surface area contributed by atoms with Crippen LogP contribution in [0.3, 0.4) is 0 Å². The summed E-state index contributed by atoms with van der Waals surface area (Å²) in [4.78, 5) is 23.4. The molecular weight excluding hydrogens is 317 g/mol. The Balaban J connectivity index is 2.74. The van der Waals surface area contributed by atoms with Crippen LogP contribution in [-0.4, -0.2) is 24.0 Å². The zero-order valence-electron chi connectivity index (χ0n) is 10.9. The number of benzene rings is 1. The van der Waals surface area contributed by atoms with Gasteiger partial charge in [-0.05, 0) is 54.9 Å². The average molecular weight is 332 g/mol. The number of carbonyl (C=O) groups is 2. The molecule has 1 aromatic rings. The second kappa shape index (κ2) is 6.65. The number of ether oxygens (including phenoxy) is 1. The molecule has 19 heavy (non-hydrogen) atoms. The molecule has 1 rings (SSSR count). The van der Waals surface area contributed by atoms with Crippen molar-refractivity contribution in [3.8, 4) is 0 Å². The van der Waals surface area contributed by atoms with E-state index in [1.54, 1.807) is 13.8 Å². The van der Waals surface area contributed by atoms with E-state index in [0.29, 0.717) is 4.47 Å². The number of amides is 1. The van der Waals surface area contributed by atoms with Gasteiger partial charge < -0.3 is 10.1 Å². The van der Waals surface area contributed by atoms with Gasteiger partial charge in [0.2, 0.25) is 0 Å². The molecule has 0 saturated carbocycles. The van der Waals surface area contributed by atoms with Gasteiger partial charge in [-0.3, -0.25) is 4.79 Å². The fraction of sp³-hybridized carbons (Fsp3) is 0.385. The van der Waals surface area contributed by atoms with Crippen molar-refractivity contribution in [1.82, 2.24) is 5.32 Å². The highest BCUT2D eigenvalue weighted by atomic mass is 79.9. The first-order valence-corrected chi connectivity index (χ1v) is 6.57. The van der Waals surface area contributed by atoms with E-state index in [-0.39, 0.29) is 11.6 Å². The first-order chi connectivity index (χ1) is 8.81. The van der Waals surface area contributed by atoms with Crippen LogP contribution in [0.2, 0.25) is 0 Å². The molecule has 1 aromatic carbocycles. The van der Waals surface area contributed by atoms with Gasteiger partial charge >= 0.3 is 5.97 Å². The highest BCUT2D eigenvalue weighted by molar-refractivity contribution is 9.10. The minimum Gasteiger partial charge on any atom is -0.449 e. The Hall–Kier alpha value is -1.43. The van der Waals surface area contributed by atoms with Gasteiger partial charge in [-0.15, -0.1) is 0 Å². The van der Waals surface area contributed by atoms with Crippen LogP contribution in [0.5, 0.6) is 0 Å². The third-order valence-electron chi connectivity index (χ3n) is 2.23. The van der Waals surface area contributed by atoms with Crippen LogP contribution in [0.4, 0.5) is 4.39 Å². The standard InChI is InChI=1S/C13H15BrFNO3/c1-7(2)16-12(17)8(3)19-13(18)10-6-9(15)4-5-11(10)14/h4-8H,1-3H3,(H,16,17)/t8-/m1/s1. The second-order valence-corrected chi connectivity index (χ2v) is 5.19. The number of esters is 1. The summed E-state index contributed by atoms with van der Waals surface area (Å²) in [5, 5.41) is 2.62. The monoisotopic (exact) mass is 331 g/mol. The molecule has 0 aromatic heterocycles. The molecule has 4 nitrogen and oxygen atoms in total. The number of rotatable bonds is 4. The molecule has 0 bridgehead atoms. The summed E-state index contributed by atoms with van der Waals surface area (Å²) in [6.45, 7) is 5.06. The Bertz CT molecular complexity index is 491. The van der Waals surface area contributed by atoms with Gasteiger partial charge in [-0.2, -0.15) is 0 Å². The summed E-state index contributed by atoms with van der Waals surface area (Å²) >= 11 is 3.13. The maximum atomic E-state index is 13.1. The lowest BCUT2D eigenvalue weighted by Gasteiger charge is -2.15. The normalized spacial score (nSPS) is 12.1. The molecule has 0 fully saturated rings. The van der Waals surface area contributed by atoms with E-state index in [1.165, 1.54) is 19.1 Å². The summed E-state index contributed by atoms with van der Waals surface area (Å²) < 4.78 is 18.5. The fourth-order valence-electron chi connectivity index (χ4n) is 1.33. The molecule has 0 aliphatic heterocycles. The number of hydrogen-bond donors (Lipinski definition) is 1. The van der Waals surface area contributed by atoms with E-state index >= 15 is 0 Å². The topological polar surface area (TPSA) is 55.4 Å². The SMILES string of the molecule is CC(C)NC(=O)[C@@H](C)OC(=O)c1cc(F)ccc1Br. The summed E-state index contributed by atoms with van der Waals surface area (Å²) in [6, 6.07) is 3.63. The molecule has 0 saturated heterocycles. The molecule has 1 N–H and O–H groups in total. The van der Waals surface area contributed by atoms with E-state index < -0.39 is 23.8 Å². The molecule has 104 valence electrons. The Morgan fingerprint density at radius 2 is 1.95 bits per heavy atom. The maximum Gasteiger partial charge on any atom is 0.340 e. The third-order valence-corrected chi connectivity index (χ3v) is 2.92. The van der Waals surface area contributed by atoms with Crippen molar-refractivity contribution in [3.05, 3.63) is 34.1 Å². The Morgan fingerprint density at radius 1 is 1.32 bits per heavy atom. The van der Waals surface area contributed by atoms with Gasteiger partial charge in [0.25, 0.3) is 5.91 Å². The smallest absolute Gasteiger partial charge is 0.340 e. The number of carbonyl (C=O) groups excluding carboxylic acids is 2. The zero-order chi connectivity index (χ0) is 14.6. The van der Waals surface area contributed by atoms with E-state index in [0.717, 1.165) is 6.07 Å². The number of nitrogens with one attached hydrogen (secondary N) is 1. The first-order valence-electron chi connectivity index (χ1n) is 5.77. The summed E-state index contributed by atoms with van der Waals surface area (Å²) in [7, 11) is 0. The lowest BCUT2D eigenvalue weighted by atomic mass is 10.2. The molecule has 0 radical (unpaired) electrons. The molecule has 0 spiro atoms. The van der Waals surface area contributed by atoms with E-state index in [1.807, 2.05) is 0 Å². The fourth-order valence-corrected chi connectivity index (χ4v) is 1.74.